The highest BCUT2D eigenvalue weighted by atomic mass is 32.2. The minimum Gasteiger partial charge on any atom is -0.478 e. The quantitative estimate of drug-likeness (QED) is 0.649. The van der Waals surface area contributed by atoms with Gasteiger partial charge >= 0.3 is 5.97 Å². The highest BCUT2D eigenvalue weighted by Crippen LogP contribution is 2.35. The molecular weight excluding hydrogens is 262 g/mol. The number of hydrogen-bond donors (Lipinski definition) is 2. The van der Waals surface area contributed by atoms with Crippen LogP contribution in [0.25, 0.3) is 11.4 Å². The number of nitrogens with one attached hydrogen (secondary N) is 1. The summed E-state index contributed by atoms with van der Waals surface area (Å²) in [6.45, 7) is 1.79. The molecule has 5 nitrogen and oxygen atoms in total. The molecule has 0 amide bonds. The molecule has 0 bridgehead atoms. The number of aryl methyl sites for hydroxylation is 2. The van der Waals surface area contributed by atoms with Crippen LogP contribution in [0.3, 0.4) is 0 Å². The molecule has 98 valence electrons. The summed E-state index contributed by atoms with van der Waals surface area (Å²) in [6, 6.07) is 0. The lowest BCUT2D eigenvalue weighted by Gasteiger charge is -2.15. The van der Waals surface area contributed by atoms with Crippen molar-refractivity contribution in [2.75, 3.05) is 6.26 Å². The van der Waals surface area contributed by atoms with Crippen LogP contribution >= 0.6 is 11.8 Å². The summed E-state index contributed by atoms with van der Waals surface area (Å²) >= 11 is 1.48. The van der Waals surface area contributed by atoms with E-state index in [1.165, 1.54) is 11.8 Å². The third kappa shape index (κ3) is 1.83. The third-order valence-corrected chi connectivity index (χ3v) is 3.97. The van der Waals surface area contributed by atoms with Gasteiger partial charge < -0.3 is 10.1 Å². The highest BCUT2D eigenvalue weighted by Gasteiger charge is 2.27. The zero-order valence-electron chi connectivity index (χ0n) is 10.6. The van der Waals surface area contributed by atoms with Gasteiger partial charge in [0.1, 0.15) is 0 Å². The first-order valence-corrected chi connectivity index (χ1v) is 7.19. The fourth-order valence-electron chi connectivity index (χ4n) is 2.57. The molecule has 3 rings (SSSR count). The Morgan fingerprint density at radius 1 is 1.47 bits per heavy atom. The van der Waals surface area contributed by atoms with Crippen LogP contribution < -0.4 is 0 Å². The van der Waals surface area contributed by atoms with Crippen LogP contribution in [0.5, 0.6) is 0 Å². The predicted molar refractivity (Wildman–Crippen MR) is 72.7 cm³/mol. The molecule has 0 aliphatic heterocycles. The number of carboxylic acid groups (broad SMARTS) is 1. The van der Waals surface area contributed by atoms with E-state index in [2.05, 4.69) is 15.0 Å². The molecule has 0 atom stereocenters. The summed E-state index contributed by atoms with van der Waals surface area (Å²) in [7, 11) is 0. The molecule has 2 heterocycles. The fourth-order valence-corrected chi connectivity index (χ4v) is 2.91. The zero-order chi connectivity index (χ0) is 13.6. The van der Waals surface area contributed by atoms with Crippen molar-refractivity contribution in [2.45, 2.75) is 24.9 Å². The first kappa shape index (κ1) is 12.2. The number of carboxylic acids is 1. The van der Waals surface area contributed by atoms with Crippen molar-refractivity contribution in [2.24, 2.45) is 0 Å². The van der Waals surface area contributed by atoms with E-state index in [1.54, 1.807) is 6.92 Å². The molecule has 1 aliphatic carbocycles. The largest absolute Gasteiger partial charge is 0.478 e. The molecule has 0 aromatic carbocycles. The van der Waals surface area contributed by atoms with Gasteiger partial charge in [-0.1, -0.05) is 11.8 Å². The predicted octanol–water partition coefficient (Wildman–Crippen LogP) is 2.30. The van der Waals surface area contributed by atoms with Gasteiger partial charge in [0, 0.05) is 11.9 Å². The monoisotopic (exact) mass is 275 g/mol. The molecule has 0 radical (unpaired) electrons. The molecule has 2 N–H and O–H groups in total. The normalized spacial score (nSPS) is 12.9. The Bertz CT molecular complexity index is 679. The maximum Gasteiger partial charge on any atom is 0.337 e. The maximum absolute atomic E-state index is 11.3. The molecule has 0 unspecified atom stereocenters. The number of H-pyrrole nitrogens is 1. The van der Waals surface area contributed by atoms with Crippen molar-refractivity contribution >= 4 is 17.7 Å². The lowest BCUT2D eigenvalue weighted by atomic mass is 9.92. The van der Waals surface area contributed by atoms with Crippen LogP contribution in [0.2, 0.25) is 0 Å². The Labute approximate surface area is 114 Å². The molecule has 6 heteroatoms. The Morgan fingerprint density at radius 3 is 2.95 bits per heavy atom. The number of aromatic amines is 1. The van der Waals surface area contributed by atoms with Crippen molar-refractivity contribution in [3.8, 4) is 11.4 Å². The minimum absolute atomic E-state index is 0.393. The van der Waals surface area contributed by atoms with E-state index < -0.39 is 5.97 Å². The average molecular weight is 275 g/mol. The van der Waals surface area contributed by atoms with Gasteiger partial charge in [0.15, 0.2) is 5.16 Å². The number of nitrogens with zero attached hydrogens (tertiary/aromatic N) is 2. The van der Waals surface area contributed by atoms with E-state index in [1.807, 2.05) is 12.5 Å². The van der Waals surface area contributed by atoms with Gasteiger partial charge in [0.2, 0.25) is 0 Å². The topological polar surface area (TPSA) is 78.9 Å². The number of aromatic nitrogens is 3. The van der Waals surface area contributed by atoms with Gasteiger partial charge in [-0.05, 0) is 37.1 Å². The van der Waals surface area contributed by atoms with Crippen molar-refractivity contribution in [3.05, 3.63) is 28.6 Å². The SMILES string of the molecule is CSc1ncc2c(n1)-c1[nH]c(C)c(C(=O)O)c1CC2. The van der Waals surface area contributed by atoms with Gasteiger partial charge in [-0.25, -0.2) is 14.8 Å². The third-order valence-electron chi connectivity index (χ3n) is 3.41. The van der Waals surface area contributed by atoms with Crippen LogP contribution in [0.15, 0.2) is 11.4 Å². The molecular formula is C13H13N3O2S. The maximum atomic E-state index is 11.3. The van der Waals surface area contributed by atoms with Crippen LogP contribution in [0.1, 0.15) is 27.2 Å². The molecule has 0 saturated heterocycles. The fraction of sp³-hybridized carbons (Fsp3) is 0.308. The van der Waals surface area contributed by atoms with Crippen LogP contribution in [-0.2, 0) is 12.8 Å². The Morgan fingerprint density at radius 2 is 2.26 bits per heavy atom. The summed E-state index contributed by atoms with van der Waals surface area (Å²) in [5, 5.41) is 10.0. The second-order valence-corrected chi connectivity index (χ2v) is 5.29. The molecule has 0 saturated carbocycles. The van der Waals surface area contributed by atoms with Gasteiger partial charge in [-0.2, -0.15) is 0 Å². The number of hydrogen-bond acceptors (Lipinski definition) is 4. The first-order valence-electron chi connectivity index (χ1n) is 5.96. The summed E-state index contributed by atoms with van der Waals surface area (Å²) < 4.78 is 0. The van der Waals surface area contributed by atoms with E-state index in [9.17, 15) is 9.90 Å². The summed E-state index contributed by atoms with van der Waals surface area (Å²) in [6.07, 6.45) is 5.27. The van der Waals surface area contributed by atoms with Gasteiger partial charge in [-0.15, -0.1) is 0 Å². The average Bonchev–Trinajstić information content (AvgIpc) is 2.74. The Hall–Kier alpha value is -1.82. The van der Waals surface area contributed by atoms with Crippen LogP contribution in [-0.4, -0.2) is 32.3 Å². The lowest BCUT2D eigenvalue weighted by molar-refractivity contribution is 0.0695. The van der Waals surface area contributed by atoms with E-state index in [0.717, 1.165) is 35.4 Å². The van der Waals surface area contributed by atoms with Crippen LogP contribution in [0, 0.1) is 6.92 Å². The highest BCUT2D eigenvalue weighted by molar-refractivity contribution is 7.98. The van der Waals surface area contributed by atoms with Crippen molar-refractivity contribution in [1.82, 2.24) is 15.0 Å². The van der Waals surface area contributed by atoms with Crippen molar-refractivity contribution in [3.63, 3.8) is 0 Å². The molecule has 0 spiro atoms. The summed E-state index contributed by atoms with van der Waals surface area (Å²) in [5.41, 5.74) is 4.71. The van der Waals surface area contributed by atoms with E-state index in [-0.39, 0.29) is 0 Å². The number of rotatable bonds is 2. The van der Waals surface area contributed by atoms with Gasteiger partial charge in [0.25, 0.3) is 0 Å². The van der Waals surface area contributed by atoms with Crippen molar-refractivity contribution < 1.29 is 9.90 Å². The summed E-state index contributed by atoms with van der Waals surface area (Å²) in [5.74, 6) is -0.877. The Kier molecular flexibility index (Phi) is 2.82. The second kappa shape index (κ2) is 4.38. The standard InChI is InChI=1S/C13H13N3O2S/c1-6-9(12(17)18)8-4-3-7-5-14-13(19-2)16-10(7)11(8)15-6/h5,15H,3-4H2,1-2H3,(H,17,18). The second-order valence-electron chi connectivity index (χ2n) is 4.51. The first-order chi connectivity index (χ1) is 9.11. The minimum atomic E-state index is -0.877. The van der Waals surface area contributed by atoms with E-state index >= 15 is 0 Å². The molecule has 19 heavy (non-hydrogen) atoms. The van der Waals surface area contributed by atoms with Crippen LogP contribution in [0.4, 0.5) is 0 Å². The van der Waals surface area contributed by atoms with E-state index in [0.29, 0.717) is 16.4 Å². The molecule has 2 aromatic rings. The van der Waals surface area contributed by atoms with Gasteiger partial charge in [0.05, 0.1) is 17.0 Å². The number of carbonyl (C=O) groups is 1. The number of fused-ring (bicyclic) bond motifs is 3. The summed E-state index contributed by atoms with van der Waals surface area (Å²) in [4.78, 5) is 23.3. The van der Waals surface area contributed by atoms with E-state index in [4.69, 9.17) is 0 Å². The van der Waals surface area contributed by atoms with Crippen molar-refractivity contribution in [1.29, 1.82) is 0 Å². The number of thioether (sulfide) groups is 1. The van der Waals surface area contributed by atoms with Gasteiger partial charge in [-0.3, -0.25) is 0 Å². The number of aromatic carboxylic acids is 1. The smallest absolute Gasteiger partial charge is 0.337 e. The lowest BCUT2D eigenvalue weighted by Crippen LogP contribution is -2.09. The zero-order valence-corrected chi connectivity index (χ0v) is 11.5. The molecule has 1 aliphatic rings. The molecule has 2 aromatic heterocycles. The Balaban J connectivity index is 2.24. The molecule has 0 fully saturated rings.